The second kappa shape index (κ2) is 9.56. The second-order valence-electron chi connectivity index (χ2n) is 5.34. The molecule has 1 aromatic carbocycles. The number of carbonyl (C=O) groups excluding carboxylic acids is 2. The van der Waals surface area contributed by atoms with Crippen LogP contribution in [0.15, 0.2) is 46.3 Å². The number of thiophene rings is 1. The van der Waals surface area contributed by atoms with Gasteiger partial charge in [-0.2, -0.15) is 0 Å². The zero-order valence-electron chi connectivity index (χ0n) is 13.5. The van der Waals surface area contributed by atoms with Crippen molar-refractivity contribution in [3.8, 4) is 0 Å². The van der Waals surface area contributed by atoms with Crippen molar-refractivity contribution in [2.45, 2.75) is 13.5 Å². The smallest absolute Gasteiger partial charge is 0.275 e. The van der Waals surface area contributed by atoms with E-state index in [-0.39, 0.29) is 18.4 Å². The molecule has 2 rings (SSSR count). The highest BCUT2D eigenvalue weighted by atomic mass is 79.9. The van der Waals surface area contributed by atoms with Crippen LogP contribution in [0.2, 0.25) is 0 Å². The minimum absolute atomic E-state index is 0.0316. The van der Waals surface area contributed by atoms with E-state index < -0.39 is 0 Å². The Hall–Kier alpha value is -1.70. The third-order valence-corrected chi connectivity index (χ3v) is 5.08. The van der Waals surface area contributed by atoms with Crippen LogP contribution >= 0.6 is 27.3 Å². The molecular weight excluding hydrogens is 390 g/mol. The van der Waals surface area contributed by atoms with Crippen LogP contribution in [-0.4, -0.2) is 31.4 Å². The maximum atomic E-state index is 12.0. The number of amides is 2. The minimum Gasteiger partial charge on any atom is -0.342 e. The summed E-state index contributed by atoms with van der Waals surface area (Å²) < 4.78 is 0.808. The summed E-state index contributed by atoms with van der Waals surface area (Å²) in [5.41, 5.74) is 0.690. The van der Waals surface area contributed by atoms with Gasteiger partial charge in [-0.05, 0) is 46.4 Å². The number of halogens is 1. The molecule has 1 atom stereocenters. The van der Waals surface area contributed by atoms with Crippen LogP contribution in [0.1, 0.15) is 11.8 Å². The van der Waals surface area contributed by atoms with Gasteiger partial charge in [-0.15, -0.1) is 11.3 Å². The molecule has 3 N–H and O–H groups in total. The second-order valence-corrected chi connectivity index (χ2v) is 7.23. The normalized spacial score (nSPS) is 11.8. The third-order valence-electron chi connectivity index (χ3n) is 3.51. The first kappa shape index (κ1) is 18.6. The van der Waals surface area contributed by atoms with Crippen molar-refractivity contribution in [1.82, 2.24) is 5.32 Å². The van der Waals surface area contributed by atoms with Crippen molar-refractivity contribution >= 4 is 44.8 Å². The number of anilines is 1. The molecule has 0 radical (unpaired) electrons. The molecule has 0 aliphatic carbocycles. The largest absolute Gasteiger partial charge is 0.342 e. The summed E-state index contributed by atoms with van der Waals surface area (Å²) in [5, 5.41) is 7.48. The number of para-hydroxylation sites is 1. The van der Waals surface area contributed by atoms with Gasteiger partial charge < -0.3 is 15.5 Å². The number of likely N-dealkylation sites (N-methyl/N-ethyl adjacent to an activating group) is 1. The molecule has 1 aromatic heterocycles. The lowest BCUT2D eigenvalue weighted by Crippen LogP contribution is -3.11. The summed E-state index contributed by atoms with van der Waals surface area (Å²) in [6.45, 7) is 4.06. The number of rotatable bonds is 8. The minimum atomic E-state index is -0.244. The SMILES string of the molecule is CC[NH+](CC(=O)NCC(=O)Nc1ccccc1Br)Cc1cccs1. The van der Waals surface area contributed by atoms with E-state index in [2.05, 4.69) is 39.6 Å². The van der Waals surface area contributed by atoms with Crippen LogP contribution in [0.5, 0.6) is 0 Å². The molecule has 1 unspecified atom stereocenters. The number of quaternary nitrogens is 1. The molecule has 0 saturated carbocycles. The maximum Gasteiger partial charge on any atom is 0.275 e. The number of carbonyl (C=O) groups is 2. The summed E-state index contributed by atoms with van der Waals surface area (Å²) in [7, 11) is 0. The Bertz CT molecular complexity index is 676. The molecule has 1 heterocycles. The number of nitrogens with one attached hydrogen (secondary N) is 3. The van der Waals surface area contributed by atoms with Crippen LogP contribution in [0.4, 0.5) is 5.69 Å². The van der Waals surface area contributed by atoms with Gasteiger partial charge in [-0.1, -0.05) is 18.2 Å². The van der Waals surface area contributed by atoms with Gasteiger partial charge in [0.15, 0.2) is 6.54 Å². The summed E-state index contributed by atoms with van der Waals surface area (Å²) in [5.74, 6) is -0.364. The Morgan fingerprint density at radius 3 is 2.62 bits per heavy atom. The van der Waals surface area contributed by atoms with Crippen molar-refractivity contribution in [3.05, 3.63) is 51.1 Å². The lowest BCUT2D eigenvalue weighted by Gasteiger charge is -2.16. The molecule has 0 aliphatic rings. The molecular formula is C17H21BrN3O2S+. The van der Waals surface area contributed by atoms with Gasteiger partial charge in [0.25, 0.3) is 5.91 Å². The average Bonchev–Trinajstić information content (AvgIpc) is 3.07. The number of hydrogen-bond acceptors (Lipinski definition) is 3. The Morgan fingerprint density at radius 1 is 1.17 bits per heavy atom. The number of hydrogen-bond donors (Lipinski definition) is 3. The molecule has 0 fully saturated rings. The molecule has 0 aliphatic heterocycles. The Kier molecular flexibility index (Phi) is 7.42. The van der Waals surface area contributed by atoms with E-state index >= 15 is 0 Å². The van der Waals surface area contributed by atoms with E-state index in [4.69, 9.17) is 0 Å². The van der Waals surface area contributed by atoms with Gasteiger partial charge >= 0.3 is 0 Å². The van der Waals surface area contributed by atoms with Gasteiger partial charge in [-0.3, -0.25) is 9.59 Å². The summed E-state index contributed by atoms with van der Waals surface area (Å²) >= 11 is 5.06. The molecule has 5 nitrogen and oxygen atoms in total. The van der Waals surface area contributed by atoms with E-state index in [0.717, 1.165) is 17.6 Å². The van der Waals surface area contributed by atoms with Gasteiger partial charge in [0, 0.05) is 4.47 Å². The van der Waals surface area contributed by atoms with Crippen LogP contribution in [0.25, 0.3) is 0 Å². The fourth-order valence-electron chi connectivity index (χ4n) is 2.20. The molecule has 128 valence electrons. The van der Waals surface area contributed by atoms with Crippen LogP contribution in [0.3, 0.4) is 0 Å². The van der Waals surface area contributed by atoms with Crippen LogP contribution in [-0.2, 0) is 16.1 Å². The van der Waals surface area contributed by atoms with Gasteiger partial charge in [0.05, 0.1) is 23.7 Å². The highest BCUT2D eigenvalue weighted by Crippen LogP contribution is 2.20. The third kappa shape index (κ3) is 6.07. The first-order chi connectivity index (χ1) is 11.6. The monoisotopic (exact) mass is 410 g/mol. The predicted octanol–water partition coefficient (Wildman–Crippen LogP) is 1.67. The first-order valence-electron chi connectivity index (χ1n) is 7.75. The lowest BCUT2D eigenvalue weighted by atomic mass is 10.3. The van der Waals surface area contributed by atoms with E-state index in [0.29, 0.717) is 12.2 Å². The molecule has 0 bridgehead atoms. The topological polar surface area (TPSA) is 62.6 Å². The average molecular weight is 411 g/mol. The lowest BCUT2D eigenvalue weighted by molar-refractivity contribution is -0.903. The molecule has 0 spiro atoms. The van der Waals surface area contributed by atoms with Gasteiger partial charge in [-0.25, -0.2) is 0 Å². The number of benzene rings is 1. The predicted molar refractivity (Wildman–Crippen MR) is 100 cm³/mol. The Balaban J connectivity index is 1.75. The van der Waals surface area contributed by atoms with E-state index in [1.54, 1.807) is 17.4 Å². The molecule has 24 heavy (non-hydrogen) atoms. The highest BCUT2D eigenvalue weighted by Gasteiger charge is 2.14. The van der Waals surface area contributed by atoms with E-state index in [1.165, 1.54) is 9.78 Å². The van der Waals surface area contributed by atoms with Crippen molar-refractivity contribution in [3.63, 3.8) is 0 Å². The zero-order valence-corrected chi connectivity index (χ0v) is 15.9. The van der Waals surface area contributed by atoms with E-state index in [1.807, 2.05) is 29.6 Å². The van der Waals surface area contributed by atoms with Gasteiger partial charge in [0.2, 0.25) is 5.91 Å². The first-order valence-corrected chi connectivity index (χ1v) is 9.42. The fraction of sp³-hybridized carbons (Fsp3) is 0.294. The fourth-order valence-corrected chi connectivity index (χ4v) is 3.36. The zero-order chi connectivity index (χ0) is 17.4. The molecule has 7 heteroatoms. The van der Waals surface area contributed by atoms with Crippen LogP contribution < -0.4 is 15.5 Å². The Labute approximate surface area is 154 Å². The Morgan fingerprint density at radius 2 is 1.96 bits per heavy atom. The van der Waals surface area contributed by atoms with Crippen molar-refractivity contribution in [2.24, 2.45) is 0 Å². The van der Waals surface area contributed by atoms with Crippen molar-refractivity contribution < 1.29 is 14.5 Å². The standard InChI is InChI=1S/C17H20BrN3O2S/c1-2-21(11-13-6-5-9-24-13)12-17(23)19-10-16(22)20-15-8-4-3-7-14(15)18/h3-9H,2,10-12H2,1H3,(H,19,23)(H,20,22)/p+1. The van der Waals surface area contributed by atoms with E-state index in [9.17, 15) is 9.59 Å². The quantitative estimate of drug-likeness (QED) is 0.619. The van der Waals surface area contributed by atoms with Crippen LogP contribution in [0, 0.1) is 0 Å². The summed E-state index contributed by atoms with van der Waals surface area (Å²) in [4.78, 5) is 26.4. The maximum absolute atomic E-state index is 12.0. The van der Waals surface area contributed by atoms with Gasteiger partial charge in [0.1, 0.15) is 6.54 Å². The molecule has 2 aromatic rings. The summed E-state index contributed by atoms with van der Waals surface area (Å²) in [6, 6.07) is 11.4. The van der Waals surface area contributed by atoms with Crippen molar-refractivity contribution in [1.29, 1.82) is 0 Å². The van der Waals surface area contributed by atoms with Crippen molar-refractivity contribution in [2.75, 3.05) is 25.0 Å². The molecule has 2 amide bonds. The summed E-state index contributed by atoms with van der Waals surface area (Å²) in [6.07, 6.45) is 0. The highest BCUT2D eigenvalue weighted by molar-refractivity contribution is 9.10. The molecule has 0 saturated heterocycles.